The molecule has 18 heavy (non-hydrogen) atoms. The third kappa shape index (κ3) is 5.61. The summed E-state index contributed by atoms with van der Waals surface area (Å²) in [6.07, 6.45) is 2.74. The van der Waals surface area contributed by atoms with Crippen LogP contribution in [0.15, 0.2) is 30.3 Å². The molecule has 0 spiro atoms. The van der Waals surface area contributed by atoms with Crippen LogP contribution in [0, 0.1) is 0 Å². The average Bonchev–Trinajstić information content (AvgIpc) is 2.34. The molecule has 1 aromatic carbocycles. The van der Waals surface area contributed by atoms with Gasteiger partial charge in [-0.15, -0.1) is 0 Å². The number of aliphatic carboxylic acids is 1. The van der Waals surface area contributed by atoms with Crippen LogP contribution in [0.3, 0.4) is 0 Å². The van der Waals surface area contributed by atoms with Gasteiger partial charge in [0.15, 0.2) is 0 Å². The van der Waals surface area contributed by atoms with Gasteiger partial charge in [0.1, 0.15) is 0 Å². The Morgan fingerprint density at radius 2 is 2.28 bits per heavy atom. The Morgan fingerprint density at radius 3 is 2.94 bits per heavy atom. The summed E-state index contributed by atoms with van der Waals surface area (Å²) < 4.78 is 5.02. The third-order valence-corrected chi connectivity index (χ3v) is 2.50. The van der Waals surface area contributed by atoms with Crippen LogP contribution in [0.1, 0.15) is 11.1 Å². The van der Waals surface area contributed by atoms with Gasteiger partial charge in [-0.2, -0.15) is 0 Å². The lowest BCUT2D eigenvalue weighted by molar-refractivity contribution is -0.131. The van der Waals surface area contributed by atoms with E-state index >= 15 is 0 Å². The largest absolute Gasteiger partial charge is 0.478 e. The number of hydrogen-bond acceptors (Lipinski definition) is 3. The van der Waals surface area contributed by atoms with Crippen LogP contribution >= 0.6 is 0 Å². The first-order valence-corrected chi connectivity index (χ1v) is 5.79. The van der Waals surface area contributed by atoms with Crippen LogP contribution in [-0.4, -0.2) is 43.3 Å². The molecule has 1 rings (SSSR count). The van der Waals surface area contributed by atoms with Gasteiger partial charge in [-0.1, -0.05) is 24.3 Å². The molecule has 0 radical (unpaired) electrons. The number of likely N-dealkylation sites (N-methyl/N-ethyl adjacent to an activating group) is 1. The molecule has 0 heterocycles. The maximum absolute atomic E-state index is 10.4. The van der Waals surface area contributed by atoms with Crippen LogP contribution in [0.2, 0.25) is 0 Å². The fourth-order valence-electron chi connectivity index (χ4n) is 1.60. The summed E-state index contributed by atoms with van der Waals surface area (Å²) in [5.74, 6) is -0.933. The Balaban J connectivity index is 2.61. The molecular formula is C14H19NO3. The lowest BCUT2D eigenvalue weighted by atomic mass is 10.1. The standard InChI is InChI=1S/C14H19NO3/c1-15(8-9-18-2)11-13-5-3-4-12(10-13)6-7-14(16)17/h3-7,10H,8-9,11H2,1-2H3,(H,16,17)/b7-6+. The zero-order valence-corrected chi connectivity index (χ0v) is 10.8. The second-order valence-corrected chi connectivity index (χ2v) is 4.15. The lowest BCUT2D eigenvalue weighted by Gasteiger charge is -2.16. The number of carbonyl (C=O) groups is 1. The molecule has 0 fully saturated rings. The van der Waals surface area contributed by atoms with Gasteiger partial charge < -0.3 is 9.84 Å². The number of nitrogens with zero attached hydrogens (tertiary/aromatic N) is 1. The molecule has 0 atom stereocenters. The van der Waals surface area contributed by atoms with Crippen molar-refractivity contribution >= 4 is 12.0 Å². The van der Waals surface area contributed by atoms with Crippen LogP contribution in [0.25, 0.3) is 6.08 Å². The number of rotatable bonds is 7. The molecule has 4 nitrogen and oxygen atoms in total. The normalized spacial score (nSPS) is 11.3. The van der Waals surface area contributed by atoms with Crippen molar-refractivity contribution in [2.24, 2.45) is 0 Å². The summed E-state index contributed by atoms with van der Waals surface area (Å²) in [5, 5.41) is 8.58. The van der Waals surface area contributed by atoms with E-state index in [-0.39, 0.29) is 0 Å². The number of benzene rings is 1. The number of methoxy groups -OCH3 is 1. The molecule has 0 saturated heterocycles. The molecule has 0 bridgehead atoms. The van der Waals surface area contributed by atoms with Gasteiger partial charge in [-0.05, 0) is 24.3 Å². The van der Waals surface area contributed by atoms with E-state index in [2.05, 4.69) is 4.90 Å². The molecule has 0 aliphatic carbocycles. The molecule has 1 N–H and O–H groups in total. The second-order valence-electron chi connectivity index (χ2n) is 4.15. The quantitative estimate of drug-likeness (QED) is 0.749. The van der Waals surface area contributed by atoms with Crippen molar-refractivity contribution in [2.75, 3.05) is 27.3 Å². The lowest BCUT2D eigenvalue weighted by Crippen LogP contribution is -2.22. The van der Waals surface area contributed by atoms with Crippen molar-refractivity contribution in [2.45, 2.75) is 6.54 Å². The van der Waals surface area contributed by atoms with Gasteiger partial charge in [-0.3, -0.25) is 4.90 Å². The summed E-state index contributed by atoms with van der Waals surface area (Å²) in [5.41, 5.74) is 2.05. The highest BCUT2D eigenvalue weighted by Gasteiger charge is 2.00. The van der Waals surface area contributed by atoms with E-state index in [1.165, 1.54) is 0 Å². The summed E-state index contributed by atoms with van der Waals surface area (Å²) in [6.45, 7) is 2.39. The minimum Gasteiger partial charge on any atom is -0.478 e. The smallest absolute Gasteiger partial charge is 0.328 e. The van der Waals surface area contributed by atoms with Gasteiger partial charge in [0.25, 0.3) is 0 Å². The Morgan fingerprint density at radius 1 is 1.50 bits per heavy atom. The van der Waals surface area contributed by atoms with E-state index in [1.807, 2.05) is 31.3 Å². The molecule has 0 saturated carbocycles. The molecular weight excluding hydrogens is 230 g/mol. The van der Waals surface area contributed by atoms with Crippen LogP contribution < -0.4 is 0 Å². The summed E-state index contributed by atoms with van der Waals surface area (Å²) in [4.78, 5) is 12.6. The maximum atomic E-state index is 10.4. The van der Waals surface area contributed by atoms with Crippen LogP contribution in [-0.2, 0) is 16.1 Å². The topological polar surface area (TPSA) is 49.8 Å². The third-order valence-electron chi connectivity index (χ3n) is 2.50. The fraction of sp³-hybridized carbons (Fsp3) is 0.357. The van der Waals surface area contributed by atoms with Crippen LogP contribution in [0.4, 0.5) is 0 Å². The molecule has 0 aromatic heterocycles. The number of hydrogen-bond donors (Lipinski definition) is 1. The SMILES string of the molecule is COCCN(C)Cc1cccc(/C=C/C(=O)O)c1. The second kappa shape index (κ2) is 7.63. The van der Waals surface area contributed by atoms with Gasteiger partial charge in [0.05, 0.1) is 6.61 Å². The Hall–Kier alpha value is -1.65. The van der Waals surface area contributed by atoms with E-state index < -0.39 is 5.97 Å². The fourth-order valence-corrected chi connectivity index (χ4v) is 1.60. The average molecular weight is 249 g/mol. The Kier molecular flexibility index (Phi) is 6.11. The first-order valence-electron chi connectivity index (χ1n) is 5.79. The first kappa shape index (κ1) is 14.4. The first-order chi connectivity index (χ1) is 8.61. The highest BCUT2D eigenvalue weighted by Crippen LogP contribution is 2.09. The van der Waals surface area contributed by atoms with Crippen molar-refractivity contribution in [3.05, 3.63) is 41.5 Å². The van der Waals surface area contributed by atoms with E-state index in [4.69, 9.17) is 9.84 Å². The number of ether oxygens (including phenoxy) is 1. The van der Waals surface area contributed by atoms with Crippen molar-refractivity contribution in [3.8, 4) is 0 Å². The Labute approximate surface area is 107 Å². The Bertz CT molecular complexity index is 415. The summed E-state index contributed by atoms with van der Waals surface area (Å²) in [6, 6.07) is 7.84. The van der Waals surface area contributed by atoms with E-state index in [0.717, 1.165) is 30.3 Å². The maximum Gasteiger partial charge on any atom is 0.328 e. The minimum absolute atomic E-state index is 0.703. The number of carboxylic acids is 1. The number of carboxylic acid groups (broad SMARTS) is 1. The van der Waals surface area contributed by atoms with Gasteiger partial charge in [0, 0.05) is 26.3 Å². The summed E-state index contributed by atoms with van der Waals surface area (Å²) >= 11 is 0. The van der Waals surface area contributed by atoms with Gasteiger partial charge in [0.2, 0.25) is 0 Å². The predicted molar refractivity (Wildman–Crippen MR) is 71.3 cm³/mol. The molecule has 0 amide bonds. The van der Waals surface area contributed by atoms with Gasteiger partial charge >= 0.3 is 5.97 Å². The molecule has 0 unspecified atom stereocenters. The molecule has 0 aliphatic heterocycles. The van der Waals surface area contributed by atoms with Crippen LogP contribution in [0.5, 0.6) is 0 Å². The predicted octanol–water partition coefficient (Wildman–Crippen LogP) is 1.86. The highest BCUT2D eigenvalue weighted by atomic mass is 16.5. The van der Waals surface area contributed by atoms with Gasteiger partial charge in [-0.25, -0.2) is 4.79 Å². The molecule has 4 heteroatoms. The monoisotopic (exact) mass is 249 g/mol. The summed E-state index contributed by atoms with van der Waals surface area (Å²) in [7, 11) is 3.71. The van der Waals surface area contributed by atoms with Crippen molar-refractivity contribution < 1.29 is 14.6 Å². The highest BCUT2D eigenvalue weighted by molar-refractivity contribution is 5.85. The van der Waals surface area contributed by atoms with E-state index in [0.29, 0.717) is 6.61 Å². The molecule has 0 aliphatic rings. The van der Waals surface area contributed by atoms with Crippen molar-refractivity contribution in [1.82, 2.24) is 4.90 Å². The molecule has 1 aromatic rings. The van der Waals surface area contributed by atoms with Crippen molar-refractivity contribution in [3.63, 3.8) is 0 Å². The minimum atomic E-state index is -0.933. The molecule has 98 valence electrons. The van der Waals surface area contributed by atoms with E-state index in [1.54, 1.807) is 13.2 Å². The zero-order chi connectivity index (χ0) is 13.4. The van der Waals surface area contributed by atoms with Crippen molar-refractivity contribution in [1.29, 1.82) is 0 Å². The van der Waals surface area contributed by atoms with E-state index in [9.17, 15) is 4.79 Å². The zero-order valence-electron chi connectivity index (χ0n) is 10.8.